The van der Waals surface area contributed by atoms with E-state index >= 15 is 0 Å². The Balaban J connectivity index is 2.47. The highest BCUT2D eigenvalue weighted by molar-refractivity contribution is 9.10. The Morgan fingerprint density at radius 3 is 2.76 bits per heavy atom. The molecule has 1 heterocycles. The van der Waals surface area contributed by atoms with E-state index in [1.807, 2.05) is 16.8 Å². The van der Waals surface area contributed by atoms with Crippen LogP contribution in [-0.4, -0.2) is 9.78 Å². The van der Waals surface area contributed by atoms with Crippen LogP contribution in [0, 0.1) is 6.92 Å². The summed E-state index contributed by atoms with van der Waals surface area (Å²) in [5.41, 5.74) is 9.72. The molecule has 1 atom stereocenters. The quantitative estimate of drug-likeness (QED) is 0.945. The molecule has 0 bridgehead atoms. The first-order chi connectivity index (χ1) is 8.15. The molecule has 4 heteroatoms. The van der Waals surface area contributed by atoms with Crippen LogP contribution in [0.15, 0.2) is 34.9 Å². The molecule has 0 radical (unpaired) electrons. The molecule has 2 rings (SSSR count). The van der Waals surface area contributed by atoms with E-state index in [0.29, 0.717) is 0 Å². The van der Waals surface area contributed by atoms with Gasteiger partial charge in [0, 0.05) is 6.54 Å². The first kappa shape index (κ1) is 12.3. The molecule has 0 spiro atoms. The summed E-state index contributed by atoms with van der Waals surface area (Å²) in [5, 5.41) is 4.30. The summed E-state index contributed by atoms with van der Waals surface area (Å²) in [4.78, 5) is 0. The highest BCUT2D eigenvalue weighted by atomic mass is 79.9. The predicted molar refractivity (Wildman–Crippen MR) is 72.8 cm³/mol. The average Bonchev–Trinajstić information content (AvgIpc) is 2.70. The Hall–Kier alpha value is -1.13. The van der Waals surface area contributed by atoms with E-state index in [4.69, 9.17) is 5.73 Å². The van der Waals surface area contributed by atoms with Gasteiger partial charge in [-0.1, -0.05) is 24.3 Å². The maximum atomic E-state index is 6.35. The predicted octanol–water partition coefficient (Wildman–Crippen LogP) is 3.02. The summed E-state index contributed by atoms with van der Waals surface area (Å²) in [6, 6.07) is 8.04. The van der Waals surface area contributed by atoms with Crippen molar-refractivity contribution < 1.29 is 0 Å². The fourth-order valence-corrected chi connectivity index (χ4v) is 2.56. The Bertz CT molecular complexity index is 519. The van der Waals surface area contributed by atoms with E-state index in [1.54, 1.807) is 6.20 Å². The molecule has 90 valence electrons. The van der Waals surface area contributed by atoms with Crippen LogP contribution in [0.5, 0.6) is 0 Å². The van der Waals surface area contributed by atoms with E-state index < -0.39 is 0 Å². The molecular weight excluding hydrogens is 278 g/mol. The fourth-order valence-electron chi connectivity index (χ4n) is 2.02. The van der Waals surface area contributed by atoms with Crippen molar-refractivity contribution in [1.29, 1.82) is 0 Å². The number of rotatable bonds is 3. The standard InChI is InChI=1S/C13H16BrN3/c1-3-17-13(11(14)8-16-17)12(15)10-7-5-4-6-9(10)2/h4-8,12H,3,15H2,1-2H3. The Kier molecular flexibility index (Phi) is 3.64. The molecule has 0 amide bonds. The lowest BCUT2D eigenvalue weighted by Gasteiger charge is -2.16. The molecule has 3 nitrogen and oxygen atoms in total. The van der Waals surface area contributed by atoms with Crippen LogP contribution in [0.2, 0.25) is 0 Å². The minimum Gasteiger partial charge on any atom is -0.319 e. The maximum Gasteiger partial charge on any atom is 0.0738 e. The Morgan fingerprint density at radius 1 is 1.41 bits per heavy atom. The van der Waals surface area contributed by atoms with Crippen molar-refractivity contribution in [1.82, 2.24) is 9.78 Å². The van der Waals surface area contributed by atoms with Crippen LogP contribution < -0.4 is 5.73 Å². The highest BCUT2D eigenvalue weighted by Gasteiger charge is 2.18. The van der Waals surface area contributed by atoms with Gasteiger partial charge in [-0.2, -0.15) is 5.10 Å². The second kappa shape index (κ2) is 5.02. The van der Waals surface area contributed by atoms with Gasteiger partial charge in [0.15, 0.2) is 0 Å². The number of aryl methyl sites for hydroxylation is 2. The number of hydrogen-bond donors (Lipinski definition) is 1. The van der Waals surface area contributed by atoms with Crippen LogP contribution in [0.25, 0.3) is 0 Å². The van der Waals surface area contributed by atoms with Crippen LogP contribution in [-0.2, 0) is 6.54 Å². The lowest BCUT2D eigenvalue weighted by atomic mass is 9.99. The van der Waals surface area contributed by atoms with E-state index in [9.17, 15) is 0 Å². The number of hydrogen-bond acceptors (Lipinski definition) is 2. The third kappa shape index (κ3) is 2.28. The van der Waals surface area contributed by atoms with Crippen molar-refractivity contribution in [2.45, 2.75) is 26.4 Å². The second-order valence-corrected chi connectivity index (χ2v) is 4.88. The summed E-state index contributed by atoms with van der Waals surface area (Å²) >= 11 is 3.52. The number of aromatic nitrogens is 2. The zero-order valence-corrected chi connectivity index (χ0v) is 11.6. The van der Waals surface area contributed by atoms with Gasteiger partial charge in [-0.25, -0.2) is 0 Å². The van der Waals surface area contributed by atoms with Gasteiger partial charge in [0.25, 0.3) is 0 Å². The summed E-state index contributed by atoms with van der Waals surface area (Å²) in [5.74, 6) is 0. The molecule has 17 heavy (non-hydrogen) atoms. The normalized spacial score (nSPS) is 12.7. The zero-order valence-electron chi connectivity index (χ0n) is 10.0. The van der Waals surface area contributed by atoms with Crippen LogP contribution >= 0.6 is 15.9 Å². The lowest BCUT2D eigenvalue weighted by molar-refractivity contribution is 0.599. The topological polar surface area (TPSA) is 43.8 Å². The first-order valence-corrected chi connectivity index (χ1v) is 6.46. The van der Waals surface area contributed by atoms with Gasteiger partial charge in [-0.3, -0.25) is 4.68 Å². The van der Waals surface area contributed by atoms with Gasteiger partial charge < -0.3 is 5.73 Å². The third-order valence-corrected chi connectivity index (χ3v) is 3.56. The molecule has 1 unspecified atom stereocenters. The van der Waals surface area contributed by atoms with Gasteiger partial charge in [-0.05, 0) is 40.9 Å². The van der Waals surface area contributed by atoms with Crippen molar-refractivity contribution in [2.24, 2.45) is 5.73 Å². The van der Waals surface area contributed by atoms with E-state index in [2.05, 4.69) is 47.0 Å². The molecule has 0 aliphatic carbocycles. The van der Waals surface area contributed by atoms with Gasteiger partial charge in [0.2, 0.25) is 0 Å². The number of benzene rings is 1. The summed E-state index contributed by atoms with van der Waals surface area (Å²) < 4.78 is 2.90. The van der Waals surface area contributed by atoms with Crippen molar-refractivity contribution in [2.75, 3.05) is 0 Å². The molecule has 0 fully saturated rings. The molecule has 1 aromatic heterocycles. The van der Waals surface area contributed by atoms with Gasteiger partial charge in [0.1, 0.15) is 0 Å². The summed E-state index contributed by atoms with van der Waals surface area (Å²) in [6.07, 6.45) is 1.80. The van der Waals surface area contributed by atoms with Crippen molar-refractivity contribution >= 4 is 15.9 Å². The van der Waals surface area contributed by atoms with Crippen molar-refractivity contribution in [3.63, 3.8) is 0 Å². The van der Waals surface area contributed by atoms with Crippen LogP contribution in [0.3, 0.4) is 0 Å². The molecule has 1 aromatic carbocycles. The summed E-state index contributed by atoms with van der Waals surface area (Å²) in [7, 11) is 0. The monoisotopic (exact) mass is 293 g/mol. The summed E-state index contributed by atoms with van der Waals surface area (Å²) in [6.45, 7) is 4.96. The molecule has 0 aliphatic rings. The minimum absolute atomic E-state index is 0.145. The second-order valence-electron chi connectivity index (χ2n) is 4.03. The Labute approximate surface area is 110 Å². The highest BCUT2D eigenvalue weighted by Crippen LogP contribution is 2.28. The van der Waals surface area contributed by atoms with Crippen molar-refractivity contribution in [3.05, 3.63) is 51.8 Å². The smallest absolute Gasteiger partial charge is 0.0738 e. The van der Waals surface area contributed by atoms with E-state index in [0.717, 1.165) is 22.3 Å². The Morgan fingerprint density at radius 2 is 2.12 bits per heavy atom. The number of nitrogens with two attached hydrogens (primary N) is 1. The van der Waals surface area contributed by atoms with E-state index in [1.165, 1.54) is 5.56 Å². The zero-order chi connectivity index (χ0) is 12.4. The van der Waals surface area contributed by atoms with Crippen LogP contribution in [0.1, 0.15) is 29.8 Å². The van der Waals surface area contributed by atoms with E-state index in [-0.39, 0.29) is 6.04 Å². The van der Waals surface area contributed by atoms with Crippen molar-refractivity contribution in [3.8, 4) is 0 Å². The average molecular weight is 294 g/mol. The van der Waals surface area contributed by atoms with Gasteiger partial charge in [-0.15, -0.1) is 0 Å². The fraction of sp³-hybridized carbons (Fsp3) is 0.308. The molecule has 0 saturated heterocycles. The molecule has 0 aliphatic heterocycles. The largest absolute Gasteiger partial charge is 0.319 e. The maximum absolute atomic E-state index is 6.35. The molecular formula is C13H16BrN3. The number of halogens is 1. The van der Waals surface area contributed by atoms with Gasteiger partial charge >= 0.3 is 0 Å². The third-order valence-electron chi connectivity index (χ3n) is 2.95. The molecule has 2 aromatic rings. The minimum atomic E-state index is -0.145. The number of nitrogens with zero attached hydrogens (tertiary/aromatic N) is 2. The molecule has 0 saturated carbocycles. The molecule has 2 N–H and O–H groups in total. The van der Waals surface area contributed by atoms with Crippen LogP contribution in [0.4, 0.5) is 0 Å². The van der Waals surface area contributed by atoms with Gasteiger partial charge in [0.05, 0.1) is 22.4 Å². The lowest BCUT2D eigenvalue weighted by Crippen LogP contribution is -2.18. The first-order valence-electron chi connectivity index (χ1n) is 5.67. The SMILES string of the molecule is CCn1ncc(Br)c1C(N)c1ccccc1C.